The molecule has 0 bridgehead atoms. The summed E-state index contributed by atoms with van der Waals surface area (Å²) in [6, 6.07) is 12.4. The summed E-state index contributed by atoms with van der Waals surface area (Å²) in [6.45, 7) is 4.82. The van der Waals surface area contributed by atoms with Crippen molar-refractivity contribution in [3.05, 3.63) is 59.9 Å². The SMILES string of the molecule is CC(C)C(NCc1ccccc1O)C(=O)NCc1ccccn1. The molecule has 2 aromatic rings. The molecule has 0 spiro atoms. The molecule has 0 saturated carbocycles. The second-order valence-electron chi connectivity index (χ2n) is 5.77. The molecule has 0 radical (unpaired) electrons. The molecule has 2 rings (SSSR count). The maximum absolute atomic E-state index is 12.4. The lowest BCUT2D eigenvalue weighted by molar-refractivity contribution is -0.124. The topological polar surface area (TPSA) is 74.2 Å². The van der Waals surface area contributed by atoms with Crippen LogP contribution in [-0.4, -0.2) is 22.0 Å². The van der Waals surface area contributed by atoms with Gasteiger partial charge in [-0.25, -0.2) is 0 Å². The smallest absolute Gasteiger partial charge is 0.237 e. The third-order valence-corrected chi connectivity index (χ3v) is 3.62. The van der Waals surface area contributed by atoms with Crippen LogP contribution in [0.3, 0.4) is 0 Å². The number of pyridine rings is 1. The van der Waals surface area contributed by atoms with E-state index in [1.165, 1.54) is 0 Å². The van der Waals surface area contributed by atoms with Gasteiger partial charge in [-0.05, 0) is 24.1 Å². The zero-order valence-corrected chi connectivity index (χ0v) is 13.5. The van der Waals surface area contributed by atoms with E-state index in [1.54, 1.807) is 18.3 Å². The van der Waals surface area contributed by atoms with E-state index in [2.05, 4.69) is 15.6 Å². The van der Waals surface area contributed by atoms with E-state index >= 15 is 0 Å². The highest BCUT2D eigenvalue weighted by atomic mass is 16.3. The molecule has 5 heteroatoms. The van der Waals surface area contributed by atoms with Crippen molar-refractivity contribution in [2.24, 2.45) is 5.92 Å². The van der Waals surface area contributed by atoms with Gasteiger partial charge in [0.15, 0.2) is 0 Å². The highest BCUT2D eigenvalue weighted by Gasteiger charge is 2.21. The second-order valence-corrected chi connectivity index (χ2v) is 5.77. The summed E-state index contributed by atoms with van der Waals surface area (Å²) in [5.74, 6) is 0.294. The number of aromatic hydroxyl groups is 1. The Hall–Kier alpha value is -2.40. The van der Waals surface area contributed by atoms with Crippen molar-refractivity contribution in [1.82, 2.24) is 15.6 Å². The fraction of sp³-hybridized carbons (Fsp3) is 0.333. The maximum atomic E-state index is 12.4. The molecule has 1 aromatic carbocycles. The number of carbonyl (C=O) groups excluding carboxylic acids is 1. The molecule has 1 atom stereocenters. The van der Waals surface area contributed by atoms with Crippen molar-refractivity contribution in [2.45, 2.75) is 33.0 Å². The van der Waals surface area contributed by atoms with E-state index in [0.717, 1.165) is 11.3 Å². The van der Waals surface area contributed by atoms with E-state index in [0.29, 0.717) is 13.1 Å². The summed E-state index contributed by atoms with van der Waals surface area (Å²) in [5.41, 5.74) is 1.60. The second kappa shape index (κ2) is 8.29. The number of phenolic OH excluding ortho intramolecular Hbond substituents is 1. The fourth-order valence-corrected chi connectivity index (χ4v) is 2.30. The lowest BCUT2D eigenvalue weighted by Crippen LogP contribution is -2.46. The van der Waals surface area contributed by atoms with E-state index in [-0.39, 0.29) is 23.6 Å². The Bertz CT molecular complexity index is 629. The van der Waals surface area contributed by atoms with Gasteiger partial charge in [-0.3, -0.25) is 9.78 Å². The molecule has 0 aliphatic carbocycles. The lowest BCUT2D eigenvalue weighted by atomic mass is 10.0. The summed E-state index contributed by atoms with van der Waals surface area (Å²) < 4.78 is 0. The number of aromatic nitrogens is 1. The number of nitrogens with one attached hydrogen (secondary N) is 2. The first-order chi connectivity index (χ1) is 11.1. The number of nitrogens with zero attached hydrogens (tertiary/aromatic N) is 1. The average Bonchev–Trinajstić information content (AvgIpc) is 2.55. The molecule has 0 aliphatic rings. The molecule has 5 nitrogen and oxygen atoms in total. The van der Waals surface area contributed by atoms with Crippen LogP contribution in [0.1, 0.15) is 25.1 Å². The van der Waals surface area contributed by atoms with Gasteiger partial charge in [-0.2, -0.15) is 0 Å². The molecule has 1 aromatic heterocycles. The number of rotatable bonds is 7. The molecule has 0 fully saturated rings. The first-order valence-corrected chi connectivity index (χ1v) is 7.76. The van der Waals surface area contributed by atoms with Crippen molar-refractivity contribution >= 4 is 5.91 Å². The van der Waals surface area contributed by atoms with Gasteiger partial charge in [-0.1, -0.05) is 38.1 Å². The minimum atomic E-state index is -0.335. The highest BCUT2D eigenvalue weighted by molar-refractivity contribution is 5.81. The minimum Gasteiger partial charge on any atom is -0.508 e. The van der Waals surface area contributed by atoms with Crippen molar-refractivity contribution in [3.63, 3.8) is 0 Å². The van der Waals surface area contributed by atoms with Gasteiger partial charge in [0.25, 0.3) is 0 Å². The molecule has 1 amide bonds. The summed E-state index contributed by atoms with van der Waals surface area (Å²) in [5, 5.41) is 15.9. The highest BCUT2D eigenvalue weighted by Crippen LogP contribution is 2.15. The zero-order valence-electron chi connectivity index (χ0n) is 13.5. The van der Waals surface area contributed by atoms with Crippen molar-refractivity contribution in [1.29, 1.82) is 0 Å². The Balaban J connectivity index is 1.92. The third-order valence-electron chi connectivity index (χ3n) is 3.62. The molecule has 1 unspecified atom stereocenters. The van der Waals surface area contributed by atoms with Gasteiger partial charge < -0.3 is 15.7 Å². The van der Waals surface area contributed by atoms with Crippen LogP contribution in [0.15, 0.2) is 48.7 Å². The van der Waals surface area contributed by atoms with Crippen LogP contribution in [0.5, 0.6) is 5.75 Å². The van der Waals surface area contributed by atoms with Crippen molar-refractivity contribution < 1.29 is 9.90 Å². The number of amides is 1. The molecular formula is C18H23N3O2. The summed E-state index contributed by atoms with van der Waals surface area (Å²) >= 11 is 0. The number of hydrogen-bond donors (Lipinski definition) is 3. The van der Waals surface area contributed by atoms with Crippen LogP contribution in [-0.2, 0) is 17.9 Å². The number of hydrogen-bond acceptors (Lipinski definition) is 4. The summed E-state index contributed by atoms with van der Waals surface area (Å²) in [6.07, 6.45) is 1.71. The predicted molar refractivity (Wildman–Crippen MR) is 89.7 cm³/mol. The van der Waals surface area contributed by atoms with Gasteiger partial charge >= 0.3 is 0 Å². The standard InChI is InChI=1S/C18H23N3O2/c1-13(2)17(20-11-14-7-3-4-9-16(14)22)18(23)21-12-15-8-5-6-10-19-15/h3-10,13,17,20,22H,11-12H2,1-2H3,(H,21,23). The summed E-state index contributed by atoms with van der Waals surface area (Å²) in [4.78, 5) is 16.6. The van der Waals surface area contributed by atoms with E-state index < -0.39 is 0 Å². The molecule has 1 heterocycles. The van der Waals surface area contributed by atoms with Crippen LogP contribution in [0.25, 0.3) is 0 Å². The van der Waals surface area contributed by atoms with E-state index in [1.807, 2.05) is 44.2 Å². The first kappa shape index (κ1) is 17.0. The van der Waals surface area contributed by atoms with E-state index in [4.69, 9.17) is 0 Å². The minimum absolute atomic E-state index is 0.0685. The molecular weight excluding hydrogens is 290 g/mol. The first-order valence-electron chi connectivity index (χ1n) is 7.76. The number of benzene rings is 1. The Labute approximate surface area is 136 Å². The van der Waals surface area contributed by atoms with Crippen LogP contribution in [0, 0.1) is 5.92 Å². The van der Waals surface area contributed by atoms with Crippen molar-refractivity contribution in [3.8, 4) is 5.75 Å². The largest absolute Gasteiger partial charge is 0.508 e. The molecule has 0 saturated heterocycles. The molecule has 0 aliphatic heterocycles. The normalized spacial score (nSPS) is 12.1. The Kier molecular flexibility index (Phi) is 6.11. The third kappa shape index (κ3) is 5.07. The Morgan fingerprint density at radius 3 is 2.52 bits per heavy atom. The number of para-hydroxylation sites is 1. The van der Waals surface area contributed by atoms with Gasteiger partial charge in [0.1, 0.15) is 5.75 Å². The lowest BCUT2D eigenvalue weighted by Gasteiger charge is -2.22. The van der Waals surface area contributed by atoms with Crippen LogP contribution in [0.4, 0.5) is 0 Å². The molecule has 122 valence electrons. The fourth-order valence-electron chi connectivity index (χ4n) is 2.30. The van der Waals surface area contributed by atoms with Crippen LogP contribution in [0.2, 0.25) is 0 Å². The number of carbonyl (C=O) groups is 1. The monoisotopic (exact) mass is 313 g/mol. The Morgan fingerprint density at radius 1 is 1.13 bits per heavy atom. The quantitative estimate of drug-likeness (QED) is 0.733. The van der Waals surface area contributed by atoms with Gasteiger partial charge in [0.05, 0.1) is 18.3 Å². The van der Waals surface area contributed by atoms with Crippen molar-refractivity contribution in [2.75, 3.05) is 0 Å². The van der Waals surface area contributed by atoms with Gasteiger partial charge in [-0.15, -0.1) is 0 Å². The van der Waals surface area contributed by atoms with Crippen LogP contribution < -0.4 is 10.6 Å². The van der Waals surface area contributed by atoms with Gasteiger partial charge in [0, 0.05) is 18.3 Å². The molecule has 3 N–H and O–H groups in total. The predicted octanol–water partition coefficient (Wildman–Crippen LogP) is 2.22. The maximum Gasteiger partial charge on any atom is 0.237 e. The molecule has 23 heavy (non-hydrogen) atoms. The zero-order chi connectivity index (χ0) is 16.7. The van der Waals surface area contributed by atoms with Gasteiger partial charge in [0.2, 0.25) is 5.91 Å². The average molecular weight is 313 g/mol. The number of phenols is 1. The Morgan fingerprint density at radius 2 is 1.87 bits per heavy atom. The van der Waals surface area contributed by atoms with Crippen LogP contribution >= 0.6 is 0 Å². The van der Waals surface area contributed by atoms with E-state index in [9.17, 15) is 9.90 Å². The summed E-state index contributed by atoms with van der Waals surface area (Å²) in [7, 11) is 0.